The number of rotatable bonds is 25. The van der Waals surface area contributed by atoms with Gasteiger partial charge in [0.05, 0.1) is 27.4 Å². The van der Waals surface area contributed by atoms with E-state index >= 15 is 0 Å². The number of hydrogen-bond donors (Lipinski definition) is 6. The third-order valence-electron chi connectivity index (χ3n) is 16.2. The van der Waals surface area contributed by atoms with Crippen molar-refractivity contribution in [2.75, 3.05) is 57.7 Å². The predicted octanol–water partition coefficient (Wildman–Crippen LogP) is 6.74. The van der Waals surface area contributed by atoms with Crippen molar-refractivity contribution in [3.63, 3.8) is 0 Å². The van der Waals surface area contributed by atoms with Gasteiger partial charge in [-0.2, -0.15) is 46.7 Å². The fourth-order valence-electron chi connectivity index (χ4n) is 12.2. The fourth-order valence-corrected chi connectivity index (χ4v) is 15.4. The van der Waals surface area contributed by atoms with Gasteiger partial charge >= 0.3 is 5.97 Å². The number of carbonyl (C=O) groups is 4. The van der Waals surface area contributed by atoms with E-state index in [1.165, 1.54) is 32.4 Å². The van der Waals surface area contributed by atoms with Gasteiger partial charge in [0.2, 0.25) is 5.69 Å². The van der Waals surface area contributed by atoms with Crippen LogP contribution in [-0.2, 0) is 90.1 Å². The molecule has 0 aromatic heterocycles. The summed E-state index contributed by atoms with van der Waals surface area (Å²) in [6, 6.07) is 12.5. The Kier molecular flexibility index (Phi) is 19.8. The SMILES string of the molecule is CCCN1/C(=C/C=C(/C=C/C2=[N+](CCCS(=O)(=O)O)c3ccc4c(S(=O)(=O)O)cc(S(=O)(=O)O)cc4c3C2(C)CCOC)c2c(C)cc(C(=O)NCCC(=O)ON3C(=O)CCC3=O)cc2C)C(C)(CCOC)c2c1ccc1c(S(=O)(=O)O)cc(S(=O)(=O)O)cc21. The maximum Gasteiger partial charge on any atom is 0.334 e. The molecule has 31 heteroatoms. The van der Waals surface area contributed by atoms with Gasteiger partial charge in [-0.05, 0) is 146 Å². The molecule has 3 aliphatic heterocycles. The van der Waals surface area contributed by atoms with E-state index in [4.69, 9.17) is 14.3 Å². The summed E-state index contributed by atoms with van der Waals surface area (Å²) in [6.45, 7) is 8.92. The van der Waals surface area contributed by atoms with Crippen molar-refractivity contribution in [2.24, 2.45) is 0 Å². The van der Waals surface area contributed by atoms with Crippen molar-refractivity contribution in [1.29, 1.82) is 0 Å². The van der Waals surface area contributed by atoms with Gasteiger partial charge in [-0.1, -0.05) is 19.1 Å². The summed E-state index contributed by atoms with van der Waals surface area (Å²) in [4.78, 5) is 54.1. The molecule has 8 rings (SSSR count). The molecule has 2 atom stereocenters. The number of fused-ring (bicyclic) bond motifs is 6. The second-order valence-corrected chi connectivity index (χ2v) is 29.6. The number of aryl methyl sites for hydroxylation is 2. The monoisotopic (exact) mass is 1340 g/mol. The second kappa shape index (κ2) is 25.9. The van der Waals surface area contributed by atoms with Crippen LogP contribution in [0.25, 0.3) is 27.1 Å². The van der Waals surface area contributed by atoms with Crippen LogP contribution in [0.3, 0.4) is 0 Å². The molecule has 0 saturated carbocycles. The Labute approximate surface area is 520 Å². The van der Waals surface area contributed by atoms with Crippen molar-refractivity contribution in [3.05, 3.63) is 124 Å². The van der Waals surface area contributed by atoms with Crippen LogP contribution in [0.5, 0.6) is 0 Å². The van der Waals surface area contributed by atoms with Gasteiger partial charge in [0.25, 0.3) is 68.3 Å². The van der Waals surface area contributed by atoms with E-state index in [2.05, 4.69) is 5.32 Å². The summed E-state index contributed by atoms with van der Waals surface area (Å²) >= 11 is 0. The number of anilines is 1. The molecular formula is C59H67N4O22S5+. The van der Waals surface area contributed by atoms with Crippen molar-refractivity contribution >= 4 is 118 Å². The highest BCUT2D eigenvalue weighted by Gasteiger charge is 2.50. The van der Waals surface area contributed by atoms with Gasteiger partial charge in [0.1, 0.15) is 16.3 Å². The highest BCUT2D eigenvalue weighted by atomic mass is 32.2. The fraction of sp³-hybridized carbons (Fsp3) is 0.373. The summed E-state index contributed by atoms with van der Waals surface area (Å²) < 4.78 is 193. The molecule has 484 valence electrons. The summed E-state index contributed by atoms with van der Waals surface area (Å²) in [5.74, 6) is -3.66. The Morgan fingerprint density at radius 2 is 1.23 bits per heavy atom. The number of hydroxylamine groups is 2. The number of amides is 3. The predicted molar refractivity (Wildman–Crippen MR) is 329 cm³/mol. The summed E-state index contributed by atoms with van der Waals surface area (Å²) in [5.41, 5.74) is 1.96. The first-order chi connectivity index (χ1) is 41.9. The van der Waals surface area contributed by atoms with Gasteiger partial charge in [-0.15, -0.1) is 5.06 Å². The lowest BCUT2D eigenvalue weighted by molar-refractivity contribution is -0.437. The molecular weight excluding hydrogens is 1280 g/mol. The smallest absolute Gasteiger partial charge is 0.334 e. The topological polar surface area (TPSA) is 389 Å². The lowest BCUT2D eigenvalue weighted by Gasteiger charge is -2.30. The standard InChI is InChI=1S/C59H66N4O22S5/c1-8-24-61-45-14-12-41-43(31-39(87(71,72)73)33-47(41)89(77,78)79)55(45)58(4,21-26-83-6)49(61)16-10-37(54-35(2)29-38(30-36(54)3)57(67)60-23-20-53(66)85-63-51(64)18-19-52(63)65)11-17-50-59(5,22-27-84-7)56-44-32-40(88(74,75)76)34-48(90(80,81)82)42(44)13-15-46(56)62(50)25-9-28-86(68,69)70/h10-17,29-34H,8-9,18-28H2,1-7H3,(H5-,60,67,68,69,70,71,72,73,74,75,76,77,78,79,80,81,82)/p+1. The highest BCUT2D eigenvalue weighted by Crippen LogP contribution is 2.54. The number of nitrogens with zero attached hydrogens (tertiary/aromatic N) is 3. The molecule has 90 heavy (non-hydrogen) atoms. The Morgan fingerprint density at radius 3 is 1.74 bits per heavy atom. The average molecular weight is 1340 g/mol. The van der Waals surface area contributed by atoms with Crippen LogP contribution in [0.15, 0.2) is 110 Å². The first kappa shape index (κ1) is 68.8. The van der Waals surface area contributed by atoms with E-state index < -0.39 is 117 Å². The largest absolute Gasteiger partial charge is 0.385 e. The molecule has 0 spiro atoms. The van der Waals surface area contributed by atoms with Crippen molar-refractivity contribution in [1.82, 2.24) is 10.4 Å². The Balaban J connectivity index is 1.39. The molecule has 1 saturated heterocycles. The summed E-state index contributed by atoms with van der Waals surface area (Å²) in [7, 11) is -22.2. The lowest BCUT2D eigenvalue weighted by atomic mass is 9.74. The van der Waals surface area contributed by atoms with E-state index in [9.17, 15) is 84.0 Å². The number of allylic oxidation sites excluding steroid dienone is 6. The molecule has 5 aromatic rings. The molecule has 3 amide bonds. The number of carbonyl (C=O) groups excluding carboxylic acids is 4. The normalized spacial score (nSPS) is 18.9. The minimum atomic E-state index is -5.19. The molecule has 2 unspecified atom stereocenters. The number of hydrogen-bond acceptors (Lipinski definition) is 18. The number of methoxy groups -OCH3 is 2. The van der Waals surface area contributed by atoms with Crippen LogP contribution in [-0.4, -0.2) is 157 Å². The summed E-state index contributed by atoms with van der Waals surface area (Å²) in [5, 5.41) is 2.87. The first-order valence-electron chi connectivity index (χ1n) is 27.9. The zero-order valence-corrected chi connectivity index (χ0v) is 53.9. The van der Waals surface area contributed by atoms with Crippen molar-refractivity contribution < 1.29 is 103 Å². The Hall–Kier alpha value is -7.14. The van der Waals surface area contributed by atoms with Crippen molar-refractivity contribution in [2.45, 2.75) is 110 Å². The molecule has 6 N–H and O–H groups in total. The maximum atomic E-state index is 13.9. The van der Waals surface area contributed by atoms with E-state index in [-0.39, 0.29) is 91.1 Å². The van der Waals surface area contributed by atoms with Crippen LogP contribution in [0.2, 0.25) is 0 Å². The Morgan fingerprint density at radius 1 is 0.700 bits per heavy atom. The quantitative estimate of drug-likeness (QED) is 0.0152. The van der Waals surface area contributed by atoms with E-state index in [1.807, 2.05) is 18.7 Å². The highest BCUT2D eigenvalue weighted by molar-refractivity contribution is 7.87. The van der Waals surface area contributed by atoms with Crippen LogP contribution < -0.4 is 10.2 Å². The average Bonchev–Trinajstić information content (AvgIpc) is 1.52. The number of nitrogens with one attached hydrogen (secondary N) is 1. The van der Waals surface area contributed by atoms with E-state index in [1.54, 1.807) is 67.8 Å². The molecule has 3 aliphatic rings. The van der Waals surface area contributed by atoms with Gasteiger partial charge < -0.3 is 24.5 Å². The molecule has 0 radical (unpaired) electrons. The van der Waals surface area contributed by atoms with E-state index in [0.29, 0.717) is 80.8 Å². The molecule has 0 bridgehead atoms. The van der Waals surface area contributed by atoms with Gasteiger partial charge in [0.15, 0.2) is 5.71 Å². The molecule has 5 aromatic carbocycles. The van der Waals surface area contributed by atoms with Gasteiger partial charge in [-0.25, -0.2) is 4.79 Å². The van der Waals surface area contributed by atoms with Gasteiger partial charge in [-0.3, -0.25) is 37.1 Å². The van der Waals surface area contributed by atoms with Crippen LogP contribution in [0.4, 0.5) is 11.4 Å². The lowest BCUT2D eigenvalue weighted by Crippen LogP contribution is -2.34. The maximum absolute atomic E-state index is 13.9. The van der Waals surface area contributed by atoms with Crippen molar-refractivity contribution in [3.8, 4) is 0 Å². The first-order valence-corrected chi connectivity index (χ1v) is 35.3. The number of benzene rings is 5. The third kappa shape index (κ3) is 14.0. The van der Waals surface area contributed by atoms with Crippen LogP contribution in [0, 0.1) is 13.8 Å². The van der Waals surface area contributed by atoms with Crippen LogP contribution in [0.1, 0.15) is 104 Å². The summed E-state index contributed by atoms with van der Waals surface area (Å²) in [6.07, 6.45) is 6.84. The zero-order chi connectivity index (χ0) is 66.4. The second-order valence-electron chi connectivity index (χ2n) is 22.4. The third-order valence-corrected chi connectivity index (χ3v) is 20.5. The molecule has 3 heterocycles. The molecule has 26 nitrogen and oxygen atoms in total. The Bertz CT molecular complexity index is 4540. The van der Waals surface area contributed by atoms with Gasteiger partial charge in [0, 0.05) is 111 Å². The van der Waals surface area contributed by atoms with Crippen LogP contribution >= 0.6 is 0 Å². The van der Waals surface area contributed by atoms with E-state index in [0.717, 1.165) is 12.1 Å². The molecule has 1 fully saturated rings. The zero-order valence-electron chi connectivity index (χ0n) is 49.8. The number of ether oxygens (including phenoxy) is 2. The number of imide groups is 1. The minimum Gasteiger partial charge on any atom is -0.385 e. The minimum absolute atomic E-state index is 0.00120. The molecule has 0 aliphatic carbocycles.